The molecular formula is C16H22O. The molecule has 1 heteroatoms. The van der Waals surface area contributed by atoms with E-state index in [0.717, 1.165) is 0 Å². The van der Waals surface area contributed by atoms with Crippen LogP contribution in [0.3, 0.4) is 0 Å². The van der Waals surface area contributed by atoms with Crippen molar-refractivity contribution < 1.29 is 5.11 Å². The van der Waals surface area contributed by atoms with E-state index in [0.29, 0.717) is 17.8 Å². The number of hydrogen-bond acceptors (Lipinski definition) is 1. The summed E-state index contributed by atoms with van der Waals surface area (Å²) in [7, 11) is 0. The average molecular weight is 230 g/mol. The molecule has 0 bridgehead atoms. The molecule has 0 atom stereocenters. The van der Waals surface area contributed by atoms with Gasteiger partial charge >= 0.3 is 0 Å². The minimum atomic E-state index is -0.513. The highest BCUT2D eigenvalue weighted by atomic mass is 16.3. The lowest BCUT2D eigenvalue weighted by molar-refractivity contribution is -0.0112. The topological polar surface area (TPSA) is 20.2 Å². The average Bonchev–Trinajstić information content (AvgIpc) is 3.20. The Morgan fingerprint density at radius 3 is 2.06 bits per heavy atom. The largest absolute Gasteiger partial charge is 0.385 e. The van der Waals surface area contributed by atoms with Gasteiger partial charge in [0.1, 0.15) is 0 Å². The minimum Gasteiger partial charge on any atom is -0.385 e. The molecule has 2 aliphatic rings. The summed E-state index contributed by atoms with van der Waals surface area (Å²) >= 11 is 0. The Labute approximate surface area is 104 Å². The molecule has 1 aromatic rings. The van der Waals surface area contributed by atoms with E-state index in [9.17, 15) is 5.11 Å². The Hall–Kier alpha value is -0.820. The summed E-state index contributed by atoms with van der Waals surface area (Å²) < 4.78 is 0. The van der Waals surface area contributed by atoms with E-state index in [1.54, 1.807) is 0 Å². The zero-order valence-electron chi connectivity index (χ0n) is 10.8. The molecule has 0 amide bonds. The fourth-order valence-corrected chi connectivity index (χ4v) is 3.19. The van der Waals surface area contributed by atoms with Gasteiger partial charge in [0.05, 0.1) is 5.60 Å². The van der Waals surface area contributed by atoms with E-state index in [4.69, 9.17) is 0 Å². The van der Waals surface area contributed by atoms with Crippen molar-refractivity contribution >= 4 is 0 Å². The van der Waals surface area contributed by atoms with Gasteiger partial charge in [-0.1, -0.05) is 38.1 Å². The predicted molar refractivity (Wildman–Crippen MR) is 69.9 cm³/mol. The summed E-state index contributed by atoms with van der Waals surface area (Å²) in [6, 6.07) is 8.53. The summed E-state index contributed by atoms with van der Waals surface area (Å²) in [5.41, 5.74) is 2.05. The first-order chi connectivity index (χ1) is 8.14. The van der Waals surface area contributed by atoms with Crippen molar-refractivity contribution in [3.63, 3.8) is 0 Å². The van der Waals surface area contributed by atoms with Gasteiger partial charge in [-0.15, -0.1) is 0 Å². The summed E-state index contributed by atoms with van der Waals surface area (Å²) in [6.07, 6.45) is 4.83. The van der Waals surface area contributed by atoms with Crippen LogP contribution in [-0.2, 0) is 5.60 Å². The van der Waals surface area contributed by atoms with Crippen LogP contribution in [0.2, 0.25) is 0 Å². The van der Waals surface area contributed by atoms with Gasteiger partial charge in [0, 0.05) is 0 Å². The fraction of sp³-hybridized carbons (Fsp3) is 0.625. The number of hydrogen-bond donors (Lipinski definition) is 1. The summed E-state index contributed by atoms with van der Waals surface area (Å²) in [5.74, 6) is 1.54. The van der Waals surface area contributed by atoms with Gasteiger partial charge in [-0.3, -0.25) is 0 Å². The van der Waals surface area contributed by atoms with Crippen LogP contribution in [0.4, 0.5) is 0 Å². The van der Waals surface area contributed by atoms with Crippen LogP contribution < -0.4 is 0 Å². The Balaban J connectivity index is 2.06. The minimum absolute atomic E-state index is 0.496. The maximum absolute atomic E-state index is 11.2. The molecule has 0 radical (unpaired) electrons. The molecular weight excluding hydrogens is 208 g/mol. The number of aliphatic hydroxyl groups is 1. The molecule has 2 aliphatic carbocycles. The van der Waals surface area contributed by atoms with Crippen molar-refractivity contribution in [2.45, 2.75) is 51.0 Å². The fourth-order valence-electron chi connectivity index (χ4n) is 3.19. The van der Waals surface area contributed by atoms with Crippen LogP contribution in [-0.4, -0.2) is 5.11 Å². The Morgan fingerprint density at radius 1 is 1.06 bits per heavy atom. The molecule has 0 spiro atoms. The number of benzene rings is 1. The molecule has 2 saturated carbocycles. The molecule has 1 nitrogen and oxygen atoms in total. The highest BCUT2D eigenvalue weighted by molar-refractivity contribution is 5.37. The first kappa shape index (κ1) is 11.3. The van der Waals surface area contributed by atoms with E-state index in [2.05, 4.69) is 38.1 Å². The van der Waals surface area contributed by atoms with Crippen LogP contribution in [0.1, 0.15) is 56.6 Å². The van der Waals surface area contributed by atoms with Crippen LogP contribution in [0.25, 0.3) is 0 Å². The predicted octanol–water partition coefficient (Wildman–Crippen LogP) is 3.82. The van der Waals surface area contributed by atoms with Gasteiger partial charge in [0.15, 0.2) is 0 Å². The molecule has 0 heterocycles. The first-order valence-electron chi connectivity index (χ1n) is 6.95. The number of rotatable bonds is 4. The zero-order valence-corrected chi connectivity index (χ0v) is 10.8. The monoisotopic (exact) mass is 230 g/mol. The lowest BCUT2D eigenvalue weighted by atomic mass is 9.79. The maximum Gasteiger partial charge on any atom is 0.0955 e. The quantitative estimate of drug-likeness (QED) is 0.833. The lowest BCUT2D eigenvalue weighted by Crippen LogP contribution is -2.32. The van der Waals surface area contributed by atoms with Gasteiger partial charge in [0.2, 0.25) is 0 Å². The van der Waals surface area contributed by atoms with Crippen LogP contribution in [0.5, 0.6) is 0 Å². The molecule has 3 rings (SSSR count). The summed E-state index contributed by atoms with van der Waals surface area (Å²) in [5, 5.41) is 11.2. The maximum atomic E-state index is 11.2. The summed E-state index contributed by atoms with van der Waals surface area (Å²) in [4.78, 5) is 0. The molecule has 2 fully saturated rings. The Kier molecular flexibility index (Phi) is 2.55. The van der Waals surface area contributed by atoms with Crippen molar-refractivity contribution in [2.24, 2.45) is 11.8 Å². The highest BCUT2D eigenvalue weighted by Gasteiger charge is 2.54. The van der Waals surface area contributed by atoms with Crippen molar-refractivity contribution in [1.29, 1.82) is 0 Å². The first-order valence-corrected chi connectivity index (χ1v) is 6.95. The molecule has 1 aromatic carbocycles. The second-order valence-corrected chi connectivity index (χ2v) is 6.12. The normalized spacial score (nSPS) is 20.9. The van der Waals surface area contributed by atoms with Gasteiger partial charge < -0.3 is 5.11 Å². The van der Waals surface area contributed by atoms with Crippen LogP contribution in [0.15, 0.2) is 24.3 Å². The Bertz CT molecular complexity index is 401. The van der Waals surface area contributed by atoms with Crippen LogP contribution >= 0.6 is 0 Å². The zero-order chi connectivity index (χ0) is 12.0. The standard InChI is InChI=1S/C16H22O/c1-11(2)14-5-3-4-6-15(14)16(17,12-7-8-12)13-9-10-13/h3-6,11-13,17H,7-10H2,1-2H3. The van der Waals surface area contributed by atoms with E-state index in [1.807, 2.05) is 0 Å². The van der Waals surface area contributed by atoms with Gasteiger partial charge in [-0.2, -0.15) is 0 Å². The third kappa shape index (κ3) is 1.81. The third-order valence-corrected chi connectivity index (χ3v) is 4.41. The van der Waals surface area contributed by atoms with Gasteiger partial charge in [-0.05, 0) is 54.6 Å². The molecule has 0 aliphatic heterocycles. The van der Waals surface area contributed by atoms with Crippen LogP contribution in [0, 0.1) is 11.8 Å². The van der Waals surface area contributed by atoms with Crippen molar-refractivity contribution in [3.8, 4) is 0 Å². The van der Waals surface area contributed by atoms with Gasteiger partial charge in [0.25, 0.3) is 0 Å². The van der Waals surface area contributed by atoms with E-state index in [1.165, 1.54) is 36.8 Å². The SMILES string of the molecule is CC(C)c1ccccc1C(O)(C1CC1)C1CC1. The second kappa shape index (κ2) is 3.84. The molecule has 0 aromatic heterocycles. The van der Waals surface area contributed by atoms with Crippen molar-refractivity contribution in [1.82, 2.24) is 0 Å². The molecule has 17 heavy (non-hydrogen) atoms. The molecule has 0 unspecified atom stereocenters. The molecule has 0 saturated heterocycles. The Morgan fingerprint density at radius 2 is 1.59 bits per heavy atom. The second-order valence-electron chi connectivity index (χ2n) is 6.12. The smallest absolute Gasteiger partial charge is 0.0955 e. The summed E-state index contributed by atoms with van der Waals surface area (Å²) in [6.45, 7) is 4.44. The highest BCUT2D eigenvalue weighted by Crippen LogP contribution is 2.58. The van der Waals surface area contributed by atoms with Gasteiger partial charge in [-0.25, -0.2) is 0 Å². The van der Waals surface area contributed by atoms with E-state index >= 15 is 0 Å². The third-order valence-electron chi connectivity index (χ3n) is 4.41. The molecule has 1 N–H and O–H groups in total. The van der Waals surface area contributed by atoms with Crippen molar-refractivity contribution in [3.05, 3.63) is 35.4 Å². The van der Waals surface area contributed by atoms with E-state index < -0.39 is 5.60 Å². The van der Waals surface area contributed by atoms with Crippen molar-refractivity contribution in [2.75, 3.05) is 0 Å². The van der Waals surface area contributed by atoms with E-state index in [-0.39, 0.29) is 0 Å². The molecule has 92 valence electrons. The lowest BCUT2D eigenvalue weighted by Gasteiger charge is -2.32.